The van der Waals surface area contributed by atoms with Gasteiger partial charge >= 0.3 is 6.09 Å². The van der Waals surface area contributed by atoms with Crippen LogP contribution in [0.2, 0.25) is 0 Å². The second-order valence-electron chi connectivity index (χ2n) is 3.35. The number of halogens is 3. The highest BCUT2D eigenvalue weighted by Crippen LogP contribution is 2.30. The van der Waals surface area contributed by atoms with Crippen LogP contribution in [0.3, 0.4) is 0 Å². The van der Waals surface area contributed by atoms with Gasteiger partial charge in [-0.15, -0.1) is 0 Å². The Morgan fingerprint density at radius 3 is 2.69 bits per heavy atom. The Morgan fingerprint density at radius 2 is 2.25 bits per heavy atom. The second kappa shape index (κ2) is 5.42. The number of hydrogen-bond acceptors (Lipinski definition) is 3. The molecule has 2 atom stereocenters. The number of carboxylic acid groups (broad SMARTS) is 1. The van der Waals surface area contributed by atoms with Gasteiger partial charge in [-0.2, -0.15) is 0 Å². The van der Waals surface area contributed by atoms with Crippen molar-refractivity contribution in [2.24, 2.45) is 5.90 Å². The van der Waals surface area contributed by atoms with Gasteiger partial charge in [0, 0.05) is 0 Å². The van der Waals surface area contributed by atoms with E-state index in [0.717, 1.165) is 4.90 Å². The molecule has 0 saturated heterocycles. The molecule has 92 valence electrons. The van der Waals surface area contributed by atoms with Gasteiger partial charge in [0.1, 0.15) is 6.10 Å². The zero-order valence-corrected chi connectivity index (χ0v) is 10.4. The van der Waals surface area contributed by atoms with E-state index in [9.17, 15) is 4.79 Å². The zero-order valence-electron chi connectivity index (χ0n) is 8.15. The van der Waals surface area contributed by atoms with E-state index in [1.54, 1.807) is 12.2 Å². The smallest absolute Gasteiger partial charge is 0.408 e. The number of alkyl halides is 3. The van der Waals surface area contributed by atoms with Crippen molar-refractivity contribution >= 4 is 40.9 Å². The molecular formula is C8H11Cl3N2O3. The van der Waals surface area contributed by atoms with Gasteiger partial charge in [-0.25, -0.2) is 10.7 Å². The summed E-state index contributed by atoms with van der Waals surface area (Å²) >= 11 is 16.7. The summed E-state index contributed by atoms with van der Waals surface area (Å²) in [5.41, 5.74) is 0. The van der Waals surface area contributed by atoms with Gasteiger partial charge in [-0.05, 0) is 6.42 Å². The van der Waals surface area contributed by atoms with Gasteiger partial charge < -0.3 is 5.11 Å². The third-order valence-corrected chi connectivity index (χ3v) is 2.57. The Morgan fingerprint density at radius 1 is 1.62 bits per heavy atom. The lowest BCUT2D eigenvalue weighted by Crippen LogP contribution is -2.48. The Balaban J connectivity index is 2.77. The molecule has 0 aromatic carbocycles. The first-order valence-corrected chi connectivity index (χ1v) is 5.57. The summed E-state index contributed by atoms with van der Waals surface area (Å²) in [5, 5.41) is 9.03. The van der Waals surface area contributed by atoms with Crippen LogP contribution in [-0.4, -0.2) is 38.6 Å². The molecule has 0 saturated carbocycles. The van der Waals surface area contributed by atoms with Crippen LogP contribution in [0.25, 0.3) is 0 Å². The first-order valence-electron chi connectivity index (χ1n) is 4.43. The minimum atomic E-state index is -1.67. The van der Waals surface area contributed by atoms with E-state index in [-0.39, 0.29) is 6.54 Å². The fourth-order valence-electron chi connectivity index (χ4n) is 1.55. The number of rotatable bonds is 3. The minimum absolute atomic E-state index is 0.248. The Hall–Kier alpha value is -0.200. The summed E-state index contributed by atoms with van der Waals surface area (Å²) in [6, 6.07) is -0.530. The number of carbonyl (C=O) groups is 1. The van der Waals surface area contributed by atoms with Crippen molar-refractivity contribution in [2.75, 3.05) is 6.54 Å². The van der Waals surface area contributed by atoms with Crippen LogP contribution in [-0.2, 0) is 4.84 Å². The van der Waals surface area contributed by atoms with Crippen molar-refractivity contribution < 1.29 is 14.7 Å². The standard InChI is InChI=1S/C8H11Cl3N2O3/c9-8(10,11)4-13(7(14)15)5-2-1-3-6(5)16-12/h1-2,5-6H,3-4,12H2,(H,14,15)/t5-,6+/m1/s1. The normalized spacial score (nSPS) is 24.8. The summed E-state index contributed by atoms with van der Waals surface area (Å²) in [6.45, 7) is -0.248. The quantitative estimate of drug-likeness (QED) is 0.473. The number of nitrogens with two attached hydrogens (primary N) is 1. The maximum Gasteiger partial charge on any atom is 0.408 e. The Bertz CT molecular complexity index is 293. The lowest BCUT2D eigenvalue weighted by Gasteiger charge is -2.31. The van der Waals surface area contributed by atoms with E-state index in [0.29, 0.717) is 6.42 Å². The average Bonchev–Trinajstić information content (AvgIpc) is 2.59. The Labute approximate surface area is 108 Å². The van der Waals surface area contributed by atoms with Crippen molar-refractivity contribution in [3.8, 4) is 0 Å². The van der Waals surface area contributed by atoms with E-state index in [2.05, 4.69) is 4.84 Å². The molecule has 0 bridgehead atoms. The van der Waals surface area contributed by atoms with Crippen molar-refractivity contribution in [2.45, 2.75) is 22.4 Å². The molecule has 16 heavy (non-hydrogen) atoms. The molecule has 0 aromatic heterocycles. The molecule has 0 aliphatic heterocycles. The van der Waals surface area contributed by atoms with Crippen molar-refractivity contribution in [1.29, 1.82) is 0 Å². The number of hydrogen-bond donors (Lipinski definition) is 2. The molecule has 5 nitrogen and oxygen atoms in total. The SMILES string of the molecule is NO[C@H]1CC=C[C@H]1N(CC(Cl)(Cl)Cl)C(=O)O. The molecule has 0 fully saturated rings. The zero-order chi connectivity index (χ0) is 12.3. The topological polar surface area (TPSA) is 75.8 Å². The predicted octanol–water partition coefficient (Wildman–Crippen LogP) is 1.92. The molecule has 0 spiro atoms. The molecule has 1 aliphatic carbocycles. The van der Waals surface area contributed by atoms with Crippen LogP contribution in [0.5, 0.6) is 0 Å². The van der Waals surface area contributed by atoms with Gasteiger partial charge in [0.25, 0.3) is 0 Å². The molecular weight excluding hydrogens is 278 g/mol. The summed E-state index contributed by atoms with van der Waals surface area (Å²) in [4.78, 5) is 16.7. The first kappa shape index (κ1) is 13.9. The van der Waals surface area contributed by atoms with Gasteiger partial charge in [0.2, 0.25) is 3.79 Å². The lowest BCUT2D eigenvalue weighted by atomic mass is 10.2. The molecule has 0 aromatic rings. The highest BCUT2D eigenvalue weighted by Gasteiger charge is 2.36. The maximum atomic E-state index is 11.0. The molecule has 0 unspecified atom stereocenters. The van der Waals surface area contributed by atoms with Gasteiger partial charge in [0.15, 0.2) is 0 Å². The van der Waals surface area contributed by atoms with Gasteiger partial charge in [-0.3, -0.25) is 9.74 Å². The Kier molecular flexibility index (Phi) is 4.70. The second-order valence-corrected chi connectivity index (χ2v) is 5.87. The van der Waals surface area contributed by atoms with Crippen LogP contribution in [0.4, 0.5) is 4.79 Å². The maximum absolute atomic E-state index is 11.0. The van der Waals surface area contributed by atoms with E-state index >= 15 is 0 Å². The van der Waals surface area contributed by atoms with Crippen molar-refractivity contribution in [3.63, 3.8) is 0 Å². The van der Waals surface area contributed by atoms with Crippen LogP contribution >= 0.6 is 34.8 Å². The summed E-state index contributed by atoms with van der Waals surface area (Å²) < 4.78 is -1.67. The van der Waals surface area contributed by atoms with Gasteiger partial charge in [0.05, 0.1) is 12.6 Å². The molecule has 8 heteroatoms. The van der Waals surface area contributed by atoms with Crippen LogP contribution < -0.4 is 5.90 Å². The summed E-state index contributed by atoms with van der Waals surface area (Å²) in [7, 11) is 0. The fraction of sp³-hybridized carbons (Fsp3) is 0.625. The highest BCUT2D eigenvalue weighted by atomic mass is 35.6. The largest absolute Gasteiger partial charge is 0.465 e. The third kappa shape index (κ3) is 3.68. The highest BCUT2D eigenvalue weighted by molar-refractivity contribution is 6.67. The number of amides is 1. The molecule has 3 N–H and O–H groups in total. The molecule has 1 aliphatic rings. The lowest BCUT2D eigenvalue weighted by molar-refractivity contribution is 0.0121. The number of nitrogens with zero attached hydrogens (tertiary/aromatic N) is 1. The van der Waals surface area contributed by atoms with E-state index in [1.807, 2.05) is 0 Å². The van der Waals surface area contributed by atoms with Crippen LogP contribution in [0.1, 0.15) is 6.42 Å². The average molecular weight is 290 g/mol. The van der Waals surface area contributed by atoms with E-state index in [4.69, 9.17) is 45.8 Å². The molecule has 1 rings (SSSR count). The third-order valence-electron chi connectivity index (χ3n) is 2.21. The van der Waals surface area contributed by atoms with Crippen LogP contribution in [0, 0.1) is 0 Å². The summed E-state index contributed by atoms with van der Waals surface area (Å²) in [5.74, 6) is 5.07. The minimum Gasteiger partial charge on any atom is -0.465 e. The summed E-state index contributed by atoms with van der Waals surface area (Å²) in [6.07, 6.45) is 2.34. The van der Waals surface area contributed by atoms with E-state index < -0.39 is 22.0 Å². The first-order chi connectivity index (χ1) is 7.35. The molecule has 0 heterocycles. The van der Waals surface area contributed by atoms with Gasteiger partial charge in [-0.1, -0.05) is 47.0 Å². The van der Waals surface area contributed by atoms with Crippen molar-refractivity contribution in [3.05, 3.63) is 12.2 Å². The monoisotopic (exact) mass is 288 g/mol. The van der Waals surface area contributed by atoms with Crippen molar-refractivity contribution in [1.82, 2.24) is 4.90 Å². The van der Waals surface area contributed by atoms with E-state index in [1.165, 1.54) is 0 Å². The molecule has 1 amide bonds. The fourth-order valence-corrected chi connectivity index (χ4v) is 1.94. The van der Waals surface area contributed by atoms with Crippen LogP contribution in [0.15, 0.2) is 12.2 Å². The predicted molar refractivity (Wildman–Crippen MR) is 61.6 cm³/mol. The molecule has 0 radical (unpaired) electrons.